The highest BCUT2D eigenvalue weighted by molar-refractivity contribution is 5.42. The molecule has 0 saturated carbocycles. The van der Waals surface area contributed by atoms with Gasteiger partial charge in [0.25, 0.3) is 0 Å². The quantitative estimate of drug-likeness (QED) is 0.854. The molecule has 1 aliphatic heterocycles. The van der Waals surface area contributed by atoms with Gasteiger partial charge in [-0.1, -0.05) is 13.8 Å². The van der Waals surface area contributed by atoms with Crippen molar-refractivity contribution in [1.82, 2.24) is 4.98 Å². The van der Waals surface area contributed by atoms with Crippen molar-refractivity contribution in [3.63, 3.8) is 0 Å². The molecule has 1 atom stereocenters. The van der Waals surface area contributed by atoms with Gasteiger partial charge in [-0.25, -0.2) is 4.98 Å². The number of hydrogen-bond acceptors (Lipinski definition) is 3. The Bertz CT molecular complexity index is 385. The summed E-state index contributed by atoms with van der Waals surface area (Å²) in [5.74, 6) is 1.08. The number of nitrogens with two attached hydrogens (primary N) is 1. The third kappa shape index (κ3) is 2.97. The van der Waals surface area contributed by atoms with Gasteiger partial charge in [0.1, 0.15) is 5.82 Å². The van der Waals surface area contributed by atoms with E-state index in [-0.39, 0.29) is 6.04 Å². The first-order valence-electron chi connectivity index (χ1n) is 6.44. The Kier molecular flexibility index (Phi) is 3.38. The van der Waals surface area contributed by atoms with Crippen molar-refractivity contribution in [2.24, 2.45) is 11.1 Å². The lowest BCUT2D eigenvalue weighted by Crippen LogP contribution is -2.40. The summed E-state index contributed by atoms with van der Waals surface area (Å²) in [5.41, 5.74) is 7.48. The van der Waals surface area contributed by atoms with Crippen LogP contribution in [0.25, 0.3) is 0 Å². The van der Waals surface area contributed by atoms with Crippen LogP contribution in [0.5, 0.6) is 0 Å². The number of pyridine rings is 1. The van der Waals surface area contributed by atoms with Crippen molar-refractivity contribution in [2.75, 3.05) is 18.0 Å². The lowest BCUT2D eigenvalue weighted by atomic mass is 9.84. The van der Waals surface area contributed by atoms with Crippen LogP contribution >= 0.6 is 0 Å². The minimum atomic E-state index is 0.0783. The van der Waals surface area contributed by atoms with E-state index in [1.54, 1.807) is 0 Å². The zero-order chi connectivity index (χ0) is 12.5. The fourth-order valence-corrected chi connectivity index (χ4v) is 2.51. The second kappa shape index (κ2) is 4.65. The molecule has 2 rings (SSSR count). The van der Waals surface area contributed by atoms with E-state index in [2.05, 4.69) is 29.8 Å². The molecule has 0 amide bonds. The van der Waals surface area contributed by atoms with Crippen LogP contribution in [0.1, 0.15) is 45.2 Å². The lowest BCUT2D eigenvalue weighted by molar-refractivity contribution is 0.292. The molecule has 1 aromatic heterocycles. The van der Waals surface area contributed by atoms with E-state index in [4.69, 9.17) is 5.73 Å². The van der Waals surface area contributed by atoms with E-state index < -0.39 is 0 Å². The Balaban J connectivity index is 2.19. The minimum absolute atomic E-state index is 0.0783. The highest BCUT2D eigenvalue weighted by atomic mass is 15.2. The maximum Gasteiger partial charge on any atom is 0.128 e. The first kappa shape index (κ1) is 12.4. The molecule has 2 N–H and O–H groups in total. The first-order valence-corrected chi connectivity index (χ1v) is 6.44. The second-order valence-electron chi connectivity index (χ2n) is 5.93. The lowest BCUT2D eigenvalue weighted by Gasteiger charge is -2.38. The summed E-state index contributed by atoms with van der Waals surface area (Å²) in [6, 6.07) is 4.21. The Hall–Kier alpha value is -1.09. The number of aromatic nitrogens is 1. The average molecular weight is 233 g/mol. The predicted octanol–water partition coefficient (Wildman–Crippen LogP) is 2.73. The molecule has 1 saturated heterocycles. The molecule has 17 heavy (non-hydrogen) atoms. The molecule has 0 radical (unpaired) electrons. The van der Waals surface area contributed by atoms with E-state index in [1.165, 1.54) is 18.4 Å². The Morgan fingerprint density at radius 3 is 2.88 bits per heavy atom. The van der Waals surface area contributed by atoms with Gasteiger partial charge in [0, 0.05) is 25.3 Å². The van der Waals surface area contributed by atoms with Crippen LogP contribution in [-0.4, -0.2) is 18.1 Å². The molecule has 0 unspecified atom stereocenters. The molecule has 0 aromatic carbocycles. The van der Waals surface area contributed by atoms with Gasteiger partial charge in [-0.05, 0) is 42.9 Å². The number of hydrogen-bond donors (Lipinski definition) is 1. The zero-order valence-corrected chi connectivity index (χ0v) is 11.1. The minimum Gasteiger partial charge on any atom is -0.356 e. The zero-order valence-electron chi connectivity index (χ0n) is 11.1. The van der Waals surface area contributed by atoms with Crippen molar-refractivity contribution < 1.29 is 0 Å². The van der Waals surface area contributed by atoms with Crippen LogP contribution in [0.4, 0.5) is 5.82 Å². The van der Waals surface area contributed by atoms with Gasteiger partial charge in [0.15, 0.2) is 0 Å². The van der Waals surface area contributed by atoms with E-state index in [0.29, 0.717) is 5.41 Å². The Morgan fingerprint density at radius 1 is 1.47 bits per heavy atom. The van der Waals surface area contributed by atoms with E-state index in [0.717, 1.165) is 18.9 Å². The number of anilines is 1. The Morgan fingerprint density at radius 2 is 2.24 bits per heavy atom. The monoisotopic (exact) mass is 233 g/mol. The van der Waals surface area contributed by atoms with Crippen LogP contribution in [0.3, 0.4) is 0 Å². The fourth-order valence-electron chi connectivity index (χ4n) is 2.51. The third-order valence-corrected chi connectivity index (χ3v) is 3.52. The van der Waals surface area contributed by atoms with Crippen molar-refractivity contribution in [3.8, 4) is 0 Å². The van der Waals surface area contributed by atoms with Crippen molar-refractivity contribution >= 4 is 5.82 Å². The van der Waals surface area contributed by atoms with Crippen LogP contribution < -0.4 is 10.6 Å². The summed E-state index contributed by atoms with van der Waals surface area (Å²) in [6.45, 7) is 8.86. The predicted molar refractivity (Wildman–Crippen MR) is 72.1 cm³/mol. The molecule has 3 nitrogen and oxygen atoms in total. The summed E-state index contributed by atoms with van der Waals surface area (Å²) < 4.78 is 0. The summed E-state index contributed by atoms with van der Waals surface area (Å²) in [4.78, 5) is 6.87. The van der Waals surface area contributed by atoms with Crippen LogP contribution in [0, 0.1) is 5.41 Å². The SMILES string of the molecule is C[C@@H](N)c1ccnc(N2CCCC(C)(C)C2)c1. The summed E-state index contributed by atoms with van der Waals surface area (Å²) >= 11 is 0. The molecule has 2 heterocycles. The largest absolute Gasteiger partial charge is 0.356 e. The fraction of sp³-hybridized carbons (Fsp3) is 0.643. The molecule has 0 bridgehead atoms. The van der Waals surface area contributed by atoms with Crippen molar-refractivity contribution in [3.05, 3.63) is 23.9 Å². The standard InChI is InChI=1S/C14H23N3/c1-11(15)12-5-7-16-13(9-12)17-8-4-6-14(2,3)10-17/h5,7,9,11H,4,6,8,10,15H2,1-3H3/t11-/m1/s1. The number of rotatable bonds is 2. The molecule has 1 fully saturated rings. The van der Waals surface area contributed by atoms with Crippen molar-refractivity contribution in [2.45, 2.75) is 39.7 Å². The maximum atomic E-state index is 5.92. The smallest absolute Gasteiger partial charge is 0.128 e. The second-order valence-corrected chi connectivity index (χ2v) is 5.93. The van der Waals surface area contributed by atoms with Gasteiger partial charge in [-0.15, -0.1) is 0 Å². The van der Waals surface area contributed by atoms with Gasteiger partial charge >= 0.3 is 0 Å². The molecule has 3 heteroatoms. The highest BCUT2D eigenvalue weighted by Crippen LogP contribution is 2.31. The van der Waals surface area contributed by atoms with Gasteiger partial charge in [0.2, 0.25) is 0 Å². The highest BCUT2D eigenvalue weighted by Gasteiger charge is 2.27. The molecular weight excluding hydrogens is 210 g/mol. The van der Waals surface area contributed by atoms with Crippen LogP contribution in [0.15, 0.2) is 18.3 Å². The van der Waals surface area contributed by atoms with Gasteiger partial charge in [-0.2, -0.15) is 0 Å². The maximum absolute atomic E-state index is 5.92. The molecule has 94 valence electrons. The average Bonchev–Trinajstić information content (AvgIpc) is 2.28. The number of piperidine rings is 1. The van der Waals surface area contributed by atoms with E-state index in [1.807, 2.05) is 19.2 Å². The van der Waals surface area contributed by atoms with Gasteiger partial charge < -0.3 is 10.6 Å². The molecule has 1 aromatic rings. The summed E-state index contributed by atoms with van der Waals surface area (Å²) in [7, 11) is 0. The molecule has 0 spiro atoms. The van der Waals surface area contributed by atoms with Crippen LogP contribution in [0.2, 0.25) is 0 Å². The molecule has 1 aliphatic rings. The topological polar surface area (TPSA) is 42.1 Å². The van der Waals surface area contributed by atoms with Crippen molar-refractivity contribution in [1.29, 1.82) is 0 Å². The van der Waals surface area contributed by atoms with E-state index >= 15 is 0 Å². The molecule has 0 aliphatic carbocycles. The molecular formula is C14H23N3. The number of nitrogens with zero attached hydrogens (tertiary/aromatic N) is 2. The van der Waals surface area contributed by atoms with Crippen LogP contribution in [-0.2, 0) is 0 Å². The Labute approximate surface area is 104 Å². The third-order valence-electron chi connectivity index (χ3n) is 3.52. The van der Waals surface area contributed by atoms with Gasteiger partial charge in [-0.3, -0.25) is 0 Å². The normalized spacial score (nSPS) is 21.3. The summed E-state index contributed by atoms with van der Waals surface area (Å²) in [6.07, 6.45) is 4.42. The van der Waals surface area contributed by atoms with E-state index in [9.17, 15) is 0 Å². The summed E-state index contributed by atoms with van der Waals surface area (Å²) in [5, 5.41) is 0. The van der Waals surface area contributed by atoms with Gasteiger partial charge in [0.05, 0.1) is 0 Å². The first-order chi connectivity index (χ1) is 7.98.